The van der Waals surface area contributed by atoms with E-state index in [1.807, 2.05) is 0 Å². The van der Waals surface area contributed by atoms with Gasteiger partial charge in [-0.2, -0.15) is 10.3 Å². The number of nitrogens with zero attached hydrogens (tertiary/aromatic N) is 6. The highest BCUT2D eigenvalue weighted by atomic mass is 19.1. The highest BCUT2D eigenvalue weighted by molar-refractivity contribution is 5.95. The Hall–Kier alpha value is -4.42. The van der Waals surface area contributed by atoms with E-state index in [2.05, 4.69) is 41.3 Å². The van der Waals surface area contributed by atoms with Crippen LogP contribution in [0.3, 0.4) is 0 Å². The third kappa shape index (κ3) is 3.07. The fourth-order valence-corrected chi connectivity index (χ4v) is 3.00. The number of hydrogen-bond acceptors (Lipinski definition) is 8. The van der Waals surface area contributed by atoms with E-state index in [1.54, 1.807) is 18.2 Å². The molecule has 0 saturated carbocycles. The maximum Gasteiger partial charge on any atom is 0.270 e. The standard InChI is InChI=1S/C17H12FN9O3/c18-9-6-20-27-12(15-23-25-26-24-15)4-11(22-16(9)27)17(29)19-5-8-1-2-13-10(3-8)21-14(28)7-30-13/h1-4,6H,5,7H2,(H,19,29)(H,21,28)(H,23,24,25,26). The lowest BCUT2D eigenvalue weighted by Crippen LogP contribution is -2.26. The van der Waals surface area contributed by atoms with Crippen LogP contribution >= 0.6 is 0 Å². The van der Waals surface area contributed by atoms with E-state index in [-0.39, 0.29) is 41.9 Å². The quantitative estimate of drug-likeness (QED) is 0.435. The second kappa shape index (κ2) is 6.88. The van der Waals surface area contributed by atoms with Crippen LogP contribution in [0.4, 0.5) is 10.1 Å². The molecule has 0 aliphatic carbocycles. The number of carbonyl (C=O) groups excluding carboxylic acids is 2. The Bertz CT molecular complexity index is 1290. The number of nitrogens with one attached hydrogen (secondary N) is 3. The van der Waals surface area contributed by atoms with E-state index in [9.17, 15) is 14.0 Å². The van der Waals surface area contributed by atoms with Crippen molar-refractivity contribution in [3.8, 4) is 17.3 Å². The van der Waals surface area contributed by atoms with Crippen LogP contribution in [-0.4, -0.2) is 53.6 Å². The van der Waals surface area contributed by atoms with Crippen LogP contribution in [-0.2, 0) is 11.3 Å². The number of rotatable bonds is 4. The van der Waals surface area contributed by atoms with Gasteiger partial charge >= 0.3 is 0 Å². The number of ether oxygens (including phenoxy) is 1. The van der Waals surface area contributed by atoms with E-state index in [4.69, 9.17) is 4.74 Å². The van der Waals surface area contributed by atoms with Crippen LogP contribution in [0.2, 0.25) is 0 Å². The highest BCUT2D eigenvalue weighted by Gasteiger charge is 2.20. The molecule has 0 atom stereocenters. The van der Waals surface area contributed by atoms with Crippen LogP contribution in [0.15, 0.2) is 30.5 Å². The molecule has 2 amide bonds. The summed E-state index contributed by atoms with van der Waals surface area (Å²) in [5.74, 6) is -0.804. The first-order chi connectivity index (χ1) is 14.6. The van der Waals surface area contributed by atoms with Crippen molar-refractivity contribution in [3.05, 3.63) is 47.5 Å². The number of fused-ring (bicyclic) bond motifs is 2. The predicted molar refractivity (Wildman–Crippen MR) is 97.9 cm³/mol. The van der Waals surface area contributed by atoms with Crippen molar-refractivity contribution < 1.29 is 18.7 Å². The first-order valence-corrected chi connectivity index (χ1v) is 8.70. The van der Waals surface area contributed by atoms with Gasteiger partial charge in [-0.15, -0.1) is 10.2 Å². The van der Waals surface area contributed by atoms with Gasteiger partial charge in [-0.25, -0.2) is 13.9 Å². The second-order valence-corrected chi connectivity index (χ2v) is 6.34. The van der Waals surface area contributed by atoms with Crippen molar-refractivity contribution >= 4 is 23.1 Å². The molecule has 0 spiro atoms. The molecule has 13 heteroatoms. The van der Waals surface area contributed by atoms with Gasteiger partial charge in [0.15, 0.2) is 18.1 Å². The molecule has 12 nitrogen and oxygen atoms in total. The third-order valence-electron chi connectivity index (χ3n) is 4.37. The number of hydrogen-bond donors (Lipinski definition) is 3. The van der Waals surface area contributed by atoms with Crippen molar-refractivity contribution in [2.75, 3.05) is 11.9 Å². The van der Waals surface area contributed by atoms with Gasteiger partial charge in [0.1, 0.15) is 17.1 Å². The van der Waals surface area contributed by atoms with Gasteiger partial charge in [-0.05, 0) is 29.0 Å². The van der Waals surface area contributed by atoms with Crippen molar-refractivity contribution in [1.29, 1.82) is 0 Å². The summed E-state index contributed by atoms with van der Waals surface area (Å²) in [5.41, 5.74) is 1.31. The zero-order valence-corrected chi connectivity index (χ0v) is 15.1. The highest BCUT2D eigenvalue weighted by Crippen LogP contribution is 2.28. The smallest absolute Gasteiger partial charge is 0.270 e. The molecule has 30 heavy (non-hydrogen) atoms. The number of carbonyl (C=O) groups is 2. The molecule has 5 rings (SSSR count). The lowest BCUT2D eigenvalue weighted by Gasteiger charge is -2.18. The summed E-state index contributed by atoms with van der Waals surface area (Å²) >= 11 is 0. The zero-order valence-electron chi connectivity index (χ0n) is 15.1. The molecule has 0 unspecified atom stereocenters. The van der Waals surface area contributed by atoms with Crippen molar-refractivity contribution in [2.24, 2.45) is 0 Å². The van der Waals surface area contributed by atoms with Gasteiger partial charge in [0.05, 0.1) is 11.9 Å². The first-order valence-electron chi connectivity index (χ1n) is 8.70. The largest absolute Gasteiger partial charge is 0.482 e. The normalized spacial score (nSPS) is 12.9. The van der Waals surface area contributed by atoms with E-state index in [1.165, 1.54) is 10.6 Å². The molecule has 0 fully saturated rings. The molecule has 1 aromatic carbocycles. The van der Waals surface area contributed by atoms with Crippen molar-refractivity contribution in [3.63, 3.8) is 0 Å². The van der Waals surface area contributed by atoms with Gasteiger partial charge in [0.25, 0.3) is 11.8 Å². The molecule has 4 heterocycles. The summed E-state index contributed by atoms with van der Waals surface area (Å²) < 4.78 is 20.6. The monoisotopic (exact) mass is 409 g/mol. The number of H-pyrrole nitrogens is 1. The van der Waals surface area contributed by atoms with Crippen molar-refractivity contribution in [2.45, 2.75) is 6.54 Å². The average molecular weight is 409 g/mol. The first kappa shape index (κ1) is 17.7. The minimum absolute atomic E-state index is 0.0366. The van der Waals surface area contributed by atoms with Crippen LogP contribution in [0.1, 0.15) is 16.1 Å². The summed E-state index contributed by atoms with van der Waals surface area (Å²) in [6.07, 6.45) is 0.983. The maximum atomic E-state index is 14.1. The van der Waals surface area contributed by atoms with Crippen molar-refractivity contribution in [1.82, 2.24) is 40.5 Å². The number of amides is 2. The minimum Gasteiger partial charge on any atom is -0.482 e. The molecule has 4 aromatic rings. The topological polar surface area (TPSA) is 152 Å². The maximum absolute atomic E-state index is 14.1. The van der Waals surface area contributed by atoms with Gasteiger partial charge in [-0.1, -0.05) is 6.07 Å². The zero-order chi connectivity index (χ0) is 20.7. The third-order valence-corrected chi connectivity index (χ3v) is 4.37. The van der Waals surface area contributed by atoms with E-state index < -0.39 is 11.7 Å². The lowest BCUT2D eigenvalue weighted by molar-refractivity contribution is -0.118. The number of anilines is 1. The lowest BCUT2D eigenvalue weighted by atomic mass is 10.1. The van der Waals surface area contributed by atoms with Gasteiger partial charge in [-0.3, -0.25) is 9.59 Å². The van der Waals surface area contributed by atoms with E-state index in [0.717, 1.165) is 11.8 Å². The fraction of sp³-hybridized carbons (Fsp3) is 0.118. The average Bonchev–Trinajstić information content (AvgIpc) is 3.41. The molecule has 1 aliphatic heterocycles. The SMILES string of the molecule is O=C1COc2ccc(CNC(=O)c3cc(-c4nn[nH]n4)n4ncc(F)c4n3)cc2N1. The molecule has 0 radical (unpaired) electrons. The summed E-state index contributed by atoms with van der Waals surface area (Å²) in [4.78, 5) is 28.2. The molecule has 3 aromatic heterocycles. The molecule has 3 N–H and O–H groups in total. The molecule has 0 bridgehead atoms. The van der Waals surface area contributed by atoms with Gasteiger partial charge < -0.3 is 15.4 Å². The number of aromatic nitrogens is 7. The number of halogens is 1. The second-order valence-electron chi connectivity index (χ2n) is 6.34. The van der Waals surface area contributed by atoms with Gasteiger partial charge in [0, 0.05) is 6.54 Å². The summed E-state index contributed by atoms with van der Waals surface area (Å²) in [6.45, 7) is 0.110. The van der Waals surface area contributed by atoms with E-state index in [0.29, 0.717) is 11.4 Å². The Labute approximate surface area is 166 Å². The van der Waals surface area contributed by atoms with E-state index >= 15 is 0 Å². The molecular formula is C17H12FN9O3. The Balaban J connectivity index is 1.41. The van der Waals surface area contributed by atoms with Crippen LogP contribution in [0.5, 0.6) is 5.75 Å². The molecule has 1 aliphatic rings. The van der Waals surface area contributed by atoms with Gasteiger partial charge in [0.2, 0.25) is 5.82 Å². The Morgan fingerprint density at radius 1 is 1.33 bits per heavy atom. The minimum atomic E-state index is -0.695. The Kier molecular flexibility index (Phi) is 4.05. The number of aromatic amines is 1. The van der Waals surface area contributed by atoms with Crippen LogP contribution in [0.25, 0.3) is 17.2 Å². The summed E-state index contributed by atoms with van der Waals surface area (Å²) in [5, 5.41) is 22.8. The fourth-order valence-electron chi connectivity index (χ4n) is 3.00. The molecule has 0 saturated heterocycles. The number of benzene rings is 1. The molecule has 150 valence electrons. The Morgan fingerprint density at radius 2 is 2.23 bits per heavy atom. The number of tetrazole rings is 1. The molecular weight excluding hydrogens is 397 g/mol. The predicted octanol–water partition coefficient (Wildman–Crippen LogP) is 0.309. The Morgan fingerprint density at radius 3 is 3.07 bits per heavy atom. The summed E-state index contributed by atoms with van der Waals surface area (Å²) in [6, 6.07) is 6.55. The summed E-state index contributed by atoms with van der Waals surface area (Å²) in [7, 11) is 0. The van der Waals surface area contributed by atoms with Crippen LogP contribution < -0.4 is 15.4 Å². The van der Waals surface area contributed by atoms with Crippen LogP contribution in [0, 0.1) is 5.82 Å².